The molecule has 0 spiro atoms. The lowest BCUT2D eigenvalue weighted by Gasteiger charge is -2.35. The highest BCUT2D eigenvalue weighted by atomic mass is 32.2. The molecule has 1 fully saturated rings. The first-order valence-electron chi connectivity index (χ1n) is 6.12. The van der Waals surface area contributed by atoms with Gasteiger partial charge in [-0.3, -0.25) is 4.79 Å². The van der Waals surface area contributed by atoms with E-state index in [1.165, 1.54) is 6.92 Å². The van der Waals surface area contributed by atoms with Crippen LogP contribution in [0.3, 0.4) is 0 Å². The van der Waals surface area contributed by atoms with Crippen LogP contribution in [0, 0.1) is 0 Å². The third kappa shape index (κ3) is 5.13. The van der Waals surface area contributed by atoms with Gasteiger partial charge >= 0.3 is 0 Å². The number of aliphatic hydroxyl groups excluding tert-OH is 4. The molecule has 5 N–H and O–H groups in total. The van der Waals surface area contributed by atoms with E-state index in [1.807, 2.05) is 0 Å². The average molecular weight is 311 g/mol. The fourth-order valence-electron chi connectivity index (χ4n) is 1.81. The molecule has 0 aliphatic carbocycles. The maximum atomic E-state index is 11.2. The summed E-state index contributed by atoms with van der Waals surface area (Å²) in [6.45, 7) is 0.697. The van der Waals surface area contributed by atoms with Gasteiger partial charge in [0.2, 0.25) is 5.91 Å². The summed E-state index contributed by atoms with van der Waals surface area (Å²) in [5, 5.41) is 40.7. The quantitative estimate of drug-likeness (QED) is 0.417. The van der Waals surface area contributed by atoms with Crippen molar-refractivity contribution in [1.29, 1.82) is 0 Å². The Labute approximate surface area is 121 Å². The number of aliphatic hydroxyl groups is 4. The van der Waals surface area contributed by atoms with Crippen molar-refractivity contribution >= 4 is 29.4 Å². The van der Waals surface area contributed by atoms with Crippen molar-refractivity contribution < 1.29 is 25.2 Å². The topological polar surface area (TPSA) is 110 Å². The van der Waals surface area contributed by atoms with Crippen molar-refractivity contribution in [3.8, 4) is 0 Å². The van der Waals surface area contributed by atoms with Gasteiger partial charge in [-0.2, -0.15) is 0 Å². The normalized spacial score (nSPS) is 23.4. The Hall–Kier alpha value is 0.01000. The summed E-state index contributed by atoms with van der Waals surface area (Å²) in [5.41, 5.74) is 0. The zero-order valence-corrected chi connectivity index (χ0v) is 12.4. The summed E-state index contributed by atoms with van der Waals surface area (Å²) in [6.07, 6.45) is -3.18. The predicted octanol–water partition coefficient (Wildman–Crippen LogP) is -1.24. The summed E-state index contributed by atoms with van der Waals surface area (Å²) < 4.78 is -0.0757. The molecule has 1 aliphatic heterocycles. The highest BCUT2D eigenvalue weighted by molar-refractivity contribution is 8.17. The molecule has 0 aromatic heterocycles. The van der Waals surface area contributed by atoms with Crippen LogP contribution in [0.1, 0.15) is 13.3 Å². The monoisotopic (exact) mass is 311 g/mol. The van der Waals surface area contributed by atoms with Gasteiger partial charge in [0.25, 0.3) is 0 Å². The van der Waals surface area contributed by atoms with E-state index in [-0.39, 0.29) is 10.5 Å². The minimum absolute atomic E-state index is 0.0757. The fraction of sp³-hybridized carbons (Fsp3) is 0.909. The molecule has 1 saturated heterocycles. The van der Waals surface area contributed by atoms with Crippen molar-refractivity contribution in [3.63, 3.8) is 0 Å². The number of amides is 1. The van der Waals surface area contributed by atoms with E-state index in [1.54, 1.807) is 23.5 Å². The highest BCUT2D eigenvalue weighted by Gasteiger charge is 2.37. The second-order valence-electron chi connectivity index (χ2n) is 4.42. The summed E-state index contributed by atoms with van der Waals surface area (Å²) in [7, 11) is 0. The van der Waals surface area contributed by atoms with Crippen LogP contribution in [-0.4, -0.2) is 73.4 Å². The van der Waals surface area contributed by atoms with Gasteiger partial charge in [0, 0.05) is 6.92 Å². The molecular formula is C11H21NO5S2. The van der Waals surface area contributed by atoms with Gasteiger partial charge in [0.1, 0.15) is 18.3 Å². The average Bonchev–Trinajstić information content (AvgIpc) is 2.43. The first-order chi connectivity index (χ1) is 8.97. The van der Waals surface area contributed by atoms with E-state index >= 15 is 0 Å². The van der Waals surface area contributed by atoms with Crippen molar-refractivity contribution in [1.82, 2.24) is 5.32 Å². The standard InChI is InChI=1S/C11H21NO5S2/c1-6(14)12-8(11-18-3-2-4-19-11)10(17)9(16)7(15)5-13/h7-11,13,15-17H,2-5H2,1H3,(H,12,14). The Morgan fingerprint density at radius 3 is 2.32 bits per heavy atom. The lowest BCUT2D eigenvalue weighted by molar-refractivity contribution is -0.123. The molecule has 0 aromatic carbocycles. The number of carbonyl (C=O) groups is 1. The van der Waals surface area contributed by atoms with Crippen LogP contribution in [0.5, 0.6) is 0 Å². The summed E-state index contributed by atoms with van der Waals surface area (Å²) in [6, 6.07) is -0.663. The first kappa shape index (κ1) is 17.1. The van der Waals surface area contributed by atoms with Crippen molar-refractivity contribution in [2.24, 2.45) is 0 Å². The van der Waals surface area contributed by atoms with Gasteiger partial charge in [-0.25, -0.2) is 0 Å². The number of hydrogen-bond donors (Lipinski definition) is 5. The van der Waals surface area contributed by atoms with E-state index in [0.29, 0.717) is 0 Å². The molecule has 6 nitrogen and oxygen atoms in total. The van der Waals surface area contributed by atoms with E-state index in [4.69, 9.17) is 5.11 Å². The molecule has 0 saturated carbocycles. The van der Waals surface area contributed by atoms with E-state index in [9.17, 15) is 20.1 Å². The molecule has 1 heterocycles. The molecule has 4 unspecified atom stereocenters. The Kier molecular flexibility index (Phi) is 7.48. The Morgan fingerprint density at radius 1 is 1.26 bits per heavy atom. The maximum absolute atomic E-state index is 11.2. The van der Waals surface area contributed by atoms with Crippen LogP contribution < -0.4 is 5.32 Å². The number of carbonyl (C=O) groups excluding carboxylic acids is 1. The molecule has 1 amide bonds. The van der Waals surface area contributed by atoms with E-state index in [0.717, 1.165) is 17.9 Å². The summed E-state index contributed by atoms with van der Waals surface area (Å²) in [4.78, 5) is 11.2. The van der Waals surface area contributed by atoms with Gasteiger partial charge in [-0.1, -0.05) is 0 Å². The zero-order chi connectivity index (χ0) is 14.4. The van der Waals surface area contributed by atoms with Crippen molar-refractivity contribution in [2.75, 3.05) is 18.1 Å². The van der Waals surface area contributed by atoms with Crippen LogP contribution in [0.15, 0.2) is 0 Å². The molecule has 0 bridgehead atoms. The van der Waals surface area contributed by atoms with Crippen LogP contribution in [0.4, 0.5) is 0 Å². The Bertz CT molecular complexity index is 288. The van der Waals surface area contributed by atoms with E-state index < -0.39 is 31.0 Å². The SMILES string of the molecule is CC(=O)NC(C1SCCCS1)C(O)C(O)C(O)CO. The fourth-order valence-corrected chi connectivity index (χ4v) is 4.91. The molecule has 0 aromatic rings. The van der Waals surface area contributed by atoms with Gasteiger partial charge in [0.15, 0.2) is 0 Å². The van der Waals surface area contributed by atoms with Crippen molar-refractivity contribution in [3.05, 3.63) is 0 Å². The molecule has 8 heteroatoms. The van der Waals surface area contributed by atoms with Crippen LogP contribution >= 0.6 is 23.5 Å². The van der Waals surface area contributed by atoms with Gasteiger partial charge in [-0.05, 0) is 17.9 Å². The molecule has 112 valence electrons. The highest BCUT2D eigenvalue weighted by Crippen LogP contribution is 2.34. The molecule has 4 atom stereocenters. The minimum Gasteiger partial charge on any atom is -0.394 e. The predicted molar refractivity (Wildman–Crippen MR) is 76.0 cm³/mol. The number of rotatable bonds is 6. The molecule has 1 aliphatic rings. The van der Waals surface area contributed by atoms with Gasteiger partial charge < -0.3 is 25.7 Å². The minimum atomic E-state index is -1.50. The Morgan fingerprint density at radius 2 is 1.84 bits per heavy atom. The van der Waals surface area contributed by atoms with Gasteiger partial charge in [0.05, 0.1) is 17.2 Å². The smallest absolute Gasteiger partial charge is 0.217 e. The number of thioether (sulfide) groups is 2. The lowest BCUT2D eigenvalue weighted by Crippen LogP contribution is -2.56. The second kappa shape index (κ2) is 8.33. The number of nitrogens with one attached hydrogen (secondary N) is 1. The first-order valence-corrected chi connectivity index (χ1v) is 8.22. The van der Waals surface area contributed by atoms with Gasteiger partial charge in [-0.15, -0.1) is 23.5 Å². The molecule has 0 radical (unpaired) electrons. The second-order valence-corrected chi connectivity index (χ2v) is 7.22. The van der Waals surface area contributed by atoms with Crippen LogP contribution in [0.2, 0.25) is 0 Å². The zero-order valence-electron chi connectivity index (χ0n) is 10.7. The van der Waals surface area contributed by atoms with Crippen LogP contribution in [0.25, 0.3) is 0 Å². The summed E-state index contributed by atoms with van der Waals surface area (Å²) >= 11 is 3.22. The van der Waals surface area contributed by atoms with Crippen molar-refractivity contribution in [2.45, 2.75) is 42.3 Å². The largest absolute Gasteiger partial charge is 0.394 e. The third-order valence-electron chi connectivity index (χ3n) is 2.82. The lowest BCUT2D eigenvalue weighted by atomic mass is 10.0. The third-order valence-corrected chi connectivity index (χ3v) is 5.92. The maximum Gasteiger partial charge on any atom is 0.217 e. The molecular weight excluding hydrogens is 290 g/mol. The Balaban J connectivity index is 2.73. The van der Waals surface area contributed by atoms with E-state index in [2.05, 4.69) is 5.32 Å². The number of hydrogen-bond acceptors (Lipinski definition) is 7. The summed E-state index contributed by atoms with van der Waals surface area (Å²) in [5.74, 6) is 1.56. The molecule has 1 rings (SSSR count). The van der Waals surface area contributed by atoms with Crippen LogP contribution in [-0.2, 0) is 4.79 Å². The molecule has 19 heavy (non-hydrogen) atoms.